The Balaban J connectivity index is 2.44. The zero-order valence-corrected chi connectivity index (χ0v) is 13.8. The quantitative estimate of drug-likeness (QED) is 0.836. The van der Waals surface area contributed by atoms with Crippen LogP contribution in [0, 0.1) is 0 Å². The van der Waals surface area contributed by atoms with Crippen LogP contribution in [0.4, 0.5) is 0 Å². The van der Waals surface area contributed by atoms with Crippen molar-refractivity contribution in [2.45, 2.75) is 59.0 Å². The van der Waals surface area contributed by atoms with E-state index in [1.165, 1.54) is 0 Å². The monoisotopic (exact) mass is 284 g/mol. The second-order valence-corrected chi connectivity index (χ2v) is 6.99. The molecule has 3 nitrogen and oxygen atoms in total. The van der Waals surface area contributed by atoms with Crippen molar-refractivity contribution >= 4 is 11.3 Å². The van der Waals surface area contributed by atoms with Gasteiger partial charge in [0.2, 0.25) is 0 Å². The number of hydrogen-bond acceptors (Lipinski definition) is 4. The van der Waals surface area contributed by atoms with E-state index in [-0.39, 0.29) is 11.5 Å². The number of nitrogens with zero attached hydrogens (tertiary/aromatic N) is 2. The summed E-state index contributed by atoms with van der Waals surface area (Å²) in [5.41, 5.74) is 1.23. The SMILES string of the molecule is CCN(CC)CCC(O)Cc1nc(C(C)(C)C)cs1. The van der Waals surface area contributed by atoms with E-state index in [1.807, 2.05) is 0 Å². The average Bonchev–Trinajstić information content (AvgIpc) is 2.78. The Morgan fingerprint density at radius 2 is 1.95 bits per heavy atom. The smallest absolute Gasteiger partial charge is 0.0954 e. The van der Waals surface area contributed by atoms with Gasteiger partial charge in [0.05, 0.1) is 16.8 Å². The van der Waals surface area contributed by atoms with E-state index in [4.69, 9.17) is 0 Å². The maximum absolute atomic E-state index is 10.1. The first-order chi connectivity index (χ1) is 8.86. The summed E-state index contributed by atoms with van der Waals surface area (Å²) in [5.74, 6) is 0. The molecule has 110 valence electrons. The minimum atomic E-state index is -0.278. The van der Waals surface area contributed by atoms with Gasteiger partial charge in [-0.3, -0.25) is 0 Å². The van der Waals surface area contributed by atoms with Crippen LogP contribution in [0.3, 0.4) is 0 Å². The van der Waals surface area contributed by atoms with Crippen molar-refractivity contribution in [3.63, 3.8) is 0 Å². The third-order valence-electron chi connectivity index (χ3n) is 3.40. The Bertz CT molecular complexity index is 366. The minimum absolute atomic E-state index is 0.0981. The fourth-order valence-corrected chi connectivity index (χ4v) is 3.02. The standard InChI is InChI=1S/C15H28N2OS/c1-6-17(7-2)9-8-12(18)10-14-16-13(11-19-14)15(3,4)5/h11-12,18H,6-10H2,1-5H3. The number of hydrogen-bond donors (Lipinski definition) is 1. The van der Waals surface area contributed by atoms with Crippen molar-refractivity contribution in [1.29, 1.82) is 0 Å². The molecule has 1 aromatic rings. The van der Waals surface area contributed by atoms with Crippen molar-refractivity contribution in [3.8, 4) is 0 Å². The van der Waals surface area contributed by atoms with Crippen LogP contribution in [0.15, 0.2) is 5.38 Å². The molecule has 1 aromatic heterocycles. The average molecular weight is 284 g/mol. The molecule has 1 rings (SSSR count). The first-order valence-corrected chi connectivity index (χ1v) is 8.10. The van der Waals surface area contributed by atoms with Gasteiger partial charge in [0, 0.05) is 23.8 Å². The van der Waals surface area contributed by atoms with E-state index in [0.29, 0.717) is 6.42 Å². The normalized spacial score (nSPS) is 14.1. The molecule has 0 fully saturated rings. The third-order valence-corrected chi connectivity index (χ3v) is 4.27. The van der Waals surface area contributed by atoms with Gasteiger partial charge in [-0.25, -0.2) is 4.98 Å². The van der Waals surface area contributed by atoms with Gasteiger partial charge in [0.15, 0.2) is 0 Å². The molecule has 0 bridgehead atoms. The Morgan fingerprint density at radius 1 is 1.32 bits per heavy atom. The highest BCUT2D eigenvalue weighted by molar-refractivity contribution is 7.09. The van der Waals surface area contributed by atoms with Gasteiger partial charge in [0.25, 0.3) is 0 Å². The van der Waals surface area contributed by atoms with E-state index in [2.05, 4.69) is 49.9 Å². The third kappa shape index (κ3) is 5.59. The summed E-state index contributed by atoms with van der Waals surface area (Å²) in [7, 11) is 0. The Morgan fingerprint density at radius 3 is 2.42 bits per heavy atom. The number of aromatic nitrogens is 1. The highest BCUT2D eigenvalue weighted by atomic mass is 32.1. The Labute approximate surface area is 121 Å². The van der Waals surface area contributed by atoms with Crippen molar-refractivity contribution in [1.82, 2.24) is 9.88 Å². The maximum Gasteiger partial charge on any atom is 0.0954 e. The molecule has 0 saturated heterocycles. The van der Waals surface area contributed by atoms with Crippen LogP contribution in [0.5, 0.6) is 0 Å². The van der Waals surface area contributed by atoms with E-state index in [0.717, 1.165) is 36.8 Å². The van der Waals surface area contributed by atoms with Crippen LogP contribution in [-0.2, 0) is 11.8 Å². The summed E-state index contributed by atoms with van der Waals surface area (Å²) in [6.07, 6.45) is 1.23. The van der Waals surface area contributed by atoms with Crippen LogP contribution in [0.1, 0.15) is 51.7 Å². The molecule has 1 N–H and O–H groups in total. The van der Waals surface area contributed by atoms with Gasteiger partial charge < -0.3 is 10.0 Å². The number of aliphatic hydroxyl groups excluding tert-OH is 1. The molecule has 19 heavy (non-hydrogen) atoms. The van der Waals surface area contributed by atoms with E-state index in [9.17, 15) is 5.11 Å². The molecule has 0 aliphatic rings. The molecule has 1 atom stereocenters. The van der Waals surface area contributed by atoms with Gasteiger partial charge in [-0.1, -0.05) is 34.6 Å². The maximum atomic E-state index is 10.1. The number of thiazole rings is 1. The Hall–Kier alpha value is -0.450. The second kappa shape index (κ2) is 7.36. The van der Waals surface area contributed by atoms with Crippen LogP contribution in [0.25, 0.3) is 0 Å². The van der Waals surface area contributed by atoms with Crippen molar-refractivity contribution in [3.05, 3.63) is 16.1 Å². The van der Waals surface area contributed by atoms with Gasteiger partial charge in [-0.2, -0.15) is 0 Å². The first kappa shape index (κ1) is 16.6. The summed E-state index contributed by atoms with van der Waals surface area (Å²) in [4.78, 5) is 6.97. The molecule has 1 unspecified atom stereocenters. The molecule has 0 saturated carbocycles. The van der Waals surface area contributed by atoms with Gasteiger partial charge in [-0.15, -0.1) is 11.3 Å². The molecular weight excluding hydrogens is 256 g/mol. The lowest BCUT2D eigenvalue weighted by Crippen LogP contribution is -2.27. The number of rotatable bonds is 7. The fourth-order valence-electron chi connectivity index (χ4n) is 1.92. The second-order valence-electron chi connectivity index (χ2n) is 6.05. The molecule has 0 amide bonds. The summed E-state index contributed by atoms with van der Waals surface area (Å²) < 4.78 is 0. The fraction of sp³-hybridized carbons (Fsp3) is 0.800. The minimum Gasteiger partial charge on any atom is -0.393 e. The number of aliphatic hydroxyl groups is 1. The topological polar surface area (TPSA) is 36.4 Å². The van der Waals surface area contributed by atoms with Crippen LogP contribution in [-0.4, -0.2) is 40.7 Å². The predicted molar refractivity (Wildman–Crippen MR) is 82.9 cm³/mol. The van der Waals surface area contributed by atoms with Crippen molar-refractivity contribution < 1.29 is 5.11 Å². The lowest BCUT2D eigenvalue weighted by molar-refractivity contribution is 0.143. The van der Waals surface area contributed by atoms with Crippen LogP contribution in [0.2, 0.25) is 0 Å². The summed E-state index contributed by atoms with van der Waals surface area (Å²) in [5, 5.41) is 13.3. The van der Waals surface area contributed by atoms with Crippen LogP contribution >= 0.6 is 11.3 Å². The van der Waals surface area contributed by atoms with Crippen LogP contribution < -0.4 is 0 Å². The van der Waals surface area contributed by atoms with E-state index < -0.39 is 0 Å². The van der Waals surface area contributed by atoms with Gasteiger partial charge >= 0.3 is 0 Å². The van der Waals surface area contributed by atoms with Gasteiger partial charge in [-0.05, 0) is 19.5 Å². The van der Waals surface area contributed by atoms with E-state index in [1.54, 1.807) is 11.3 Å². The molecular formula is C15H28N2OS. The zero-order valence-electron chi connectivity index (χ0n) is 12.9. The molecule has 0 aromatic carbocycles. The molecule has 0 aliphatic heterocycles. The molecule has 0 aliphatic carbocycles. The largest absolute Gasteiger partial charge is 0.393 e. The van der Waals surface area contributed by atoms with E-state index >= 15 is 0 Å². The Kier molecular flexibility index (Phi) is 6.43. The van der Waals surface area contributed by atoms with Gasteiger partial charge in [0.1, 0.15) is 0 Å². The summed E-state index contributed by atoms with van der Waals surface area (Å²) in [6, 6.07) is 0. The lowest BCUT2D eigenvalue weighted by Gasteiger charge is -2.19. The molecule has 4 heteroatoms. The molecule has 1 heterocycles. The highest BCUT2D eigenvalue weighted by Crippen LogP contribution is 2.24. The van der Waals surface area contributed by atoms with Crippen molar-refractivity contribution in [2.75, 3.05) is 19.6 Å². The first-order valence-electron chi connectivity index (χ1n) is 7.22. The predicted octanol–water partition coefficient (Wildman–Crippen LogP) is 3.08. The lowest BCUT2D eigenvalue weighted by atomic mass is 9.93. The summed E-state index contributed by atoms with van der Waals surface area (Å²) in [6.45, 7) is 13.9. The summed E-state index contributed by atoms with van der Waals surface area (Å²) >= 11 is 1.67. The van der Waals surface area contributed by atoms with Crippen molar-refractivity contribution in [2.24, 2.45) is 0 Å². The molecule has 0 radical (unpaired) electrons. The zero-order chi connectivity index (χ0) is 14.5. The molecule has 0 spiro atoms. The highest BCUT2D eigenvalue weighted by Gasteiger charge is 2.18.